The minimum atomic E-state index is -4.76. The van der Waals surface area contributed by atoms with Crippen molar-refractivity contribution in [3.8, 4) is 0 Å². The minimum absolute atomic E-state index is 0.178. The van der Waals surface area contributed by atoms with Gasteiger partial charge in [0.25, 0.3) is 0 Å². The van der Waals surface area contributed by atoms with Gasteiger partial charge in [0, 0.05) is 12.8 Å². The zero-order valence-electron chi connectivity index (χ0n) is 34.9. The van der Waals surface area contributed by atoms with Crippen LogP contribution in [-0.4, -0.2) is 41.0 Å². The maximum atomic E-state index is 12.4. The lowest BCUT2D eigenvalue weighted by molar-refractivity contribution is -0.161. The van der Waals surface area contributed by atoms with Crippen LogP contribution in [0.2, 0.25) is 0 Å². The third-order valence-corrected chi connectivity index (χ3v) is 10.2. The predicted octanol–water partition coefficient (Wildman–Crippen LogP) is 13.7. The number of rotatable bonds is 41. The van der Waals surface area contributed by atoms with Crippen molar-refractivity contribution in [2.24, 2.45) is 0 Å². The molecule has 0 spiro atoms. The number of esters is 2. The van der Waals surface area contributed by atoms with Gasteiger partial charge in [0.15, 0.2) is 6.10 Å². The summed E-state index contributed by atoms with van der Waals surface area (Å²) in [7, 11) is -4.76. The SMILES string of the molecule is CC/C=C\C/C=C\C/C=C\CCCCCC(=O)OC(COC(=O)CCCCCCCCCCCCCCCCCCCCCCCCC)COP(=O)(O)O. The average molecular weight is 783 g/mol. The summed E-state index contributed by atoms with van der Waals surface area (Å²) in [5.74, 6) is -0.912. The second-order valence-electron chi connectivity index (χ2n) is 15.0. The smallest absolute Gasteiger partial charge is 0.462 e. The molecule has 0 amide bonds. The highest BCUT2D eigenvalue weighted by molar-refractivity contribution is 7.46. The highest BCUT2D eigenvalue weighted by atomic mass is 31.2. The summed E-state index contributed by atoms with van der Waals surface area (Å²) in [6.45, 7) is 3.57. The van der Waals surface area contributed by atoms with Crippen LogP contribution in [0.5, 0.6) is 0 Å². The summed E-state index contributed by atoms with van der Waals surface area (Å²) >= 11 is 0. The van der Waals surface area contributed by atoms with Gasteiger partial charge in [-0.2, -0.15) is 0 Å². The number of phosphoric acid groups is 1. The van der Waals surface area contributed by atoms with E-state index in [1.807, 2.05) is 0 Å². The number of carbonyl (C=O) groups excluding carboxylic acids is 2. The van der Waals surface area contributed by atoms with Crippen LogP contribution in [0.4, 0.5) is 0 Å². The summed E-state index contributed by atoms with van der Waals surface area (Å²) in [6, 6.07) is 0. The second kappa shape index (κ2) is 40.9. The Morgan fingerprint density at radius 1 is 0.500 bits per heavy atom. The summed E-state index contributed by atoms with van der Waals surface area (Å²) in [4.78, 5) is 42.8. The molecule has 0 aromatic carbocycles. The first-order valence-electron chi connectivity index (χ1n) is 22.3. The lowest BCUT2D eigenvalue weighted by atomic mass is 10.0. The van der Waals surface area contributed by atoms with Crippen molar-refractivity contribution in [2.75, 3.05) is 13.2 Å². The number of unbranched alkanes of at least 4 members (excludes halogenated alkanes) is 25. The molecule has 0 saturated carbocycles. The first-order valence-corrected chi connectivity index (χ1v) is 23.8. The normalized spacial score (nSPS) is 12.7. The maximum absolute atomic E-state index is 12.4. The van der Waals surface area contributed by atoms with E-state index in [1.54, 1.807) is 0 Å². The molecule has 9 heteroatoms. The number of hydrogen-bond acceptors (Lipinski definition) is 6. The Hall–Kier alpha value is -1.73. The van der Waals surface area contributed by atoms with Crippen molar-refractivity contribution in [3.63, 3.8) is 0 Å². The first-order chi connectivity index (χ1) is 26.3. The Morgan fingerprint density at radius 2 is 0.889 bits per heavy atom. The zero-order chi connectivity index (χ0) is 39.6. The largest absolute Gasteiger partial charge is 0.469 e. The van der Waals surface area contributed by atoms with E-state index in [4.69, 9.17) is 19.3 Å². The molecular formula is C45H83O8P. The van der Waals surface area contributed by atoms with Gasteiger partial charge in [0.2, 0.25) is 0 Å². The van der Waals surface area contributed by atoms with Crippen LogP contribution in [0, 0.1) is 0 Å². The lowest BCUT2D eigenvalue weighted by Crippen LogP contribution is -2.29. The Balaban J connectivity index is 3.81. The standard InChI is InChI=1S/C45H83O8P/c1-3-5-7-9-11-13-15-17-18-19-20-21-22-23-24-25-26-28-29-31-33-35-37-39-44(46)51-41-43(42-52-54(48,49)50)53-45(47)40-38-36-34-32-30-27-16-14-12-10-8-6-4-2/h6,8,12,14,27,30,43H,3-5,7,9-11,13,15-26,28-29,31-42H2,1-2H3,(H2,48,49,50)/b8-6-,14-12-,30-27-. The molecule has 0 aliphatic heterocycles. The zero-order valence-corrected chi connectivity index (χ0v) is 35.8. The molecule has 1 unspecified atom stereocenters. The molecular weight excluding hydrogens is 699 g/mol. The van der Waals surface area contributed by atoms with Crippen LogP contribution in [-0.2, 0) is 28.2 Å². The van der Waals surface area contributed by atoms with Crippen molar-refractivity contribution in [1.29, 1.82) is 0 Å². The second-order valence-corrected chi connectivity index (χ2v) is 16.2. The van der Waals surface area contributed by atoms with Crippen LogP contribution < -0.4 is 0 Å². The Bertz CT molecular complexity index is 973. The van der Waals surface area contributed by atoms with Gasteiger partial charge in [0.05, 0.1) is 6.61 Å². The fourth-order valence-electron chi connectivity index (χ4n) is 6.39. The third kappa shape index (κ3) is 43.0. The summed E-state index contributed by atoms with van der Waals surface area (Å²) in [5, 5.41) is 0. The van der Waals surface area contributed by atoms with Gasteiger partial charge in [0.1, 0.15) is 6.61 Å². The molecule has 0 bridgehead atoms. The molecule has 0 aliphatic rings. The van der Waals surface area contributed by atoms with E-state index in [0.29, 0.717) is 6.42 Å². The third-order valence-electron chi connectivity index (χ3n) is 9.67. The van der Waals surface area contributed by atoms with Gasteiger partial charge in [-0.1, -0.05) is 198 Å². The number of ether oxygens (including phenoxy) is 2. The average Bonchev–Trinajstić information content (AvgIpc) is 3.14. The molecule has 54 heavy (non-hydrogen) atoms. The van der Waals surface area contributed by atoms with E-state index in [-0.39, 0.29) is 19.4 Å². The molecule has 0 radical (unpaired) electrons. The molecule has 0 heterocycles. The van der Waals surface area contributed by atoms with Crippen molar-refractivity contribution in [2.45, 2.75) is 225 Å². The van der Waals surface area contributed by atoms with Gasteiger partial charge >= 0.3 is 19.8 Å². The fourth-order valence-corrected chi connectivity index (χ4v) is 6.75. The number of allylic oxidation sites excluding steroid dienone is 6. The van der Waals surface area contributed by atoms with Gasteiger partial charge in [-0.3, -0.25) is 14.1 Å². The molecule has 2 N–H and O–H groups in total. The van der Waals surface area contributed by atoms with E-state index < -0.39 is 32.5 Å². The molecule has 0 fully saturated rings. The first kappa shape index (κ1) is 52.3. The monoisotopic (exact) mass is 783 g/mol. The Kier molecular flexibility index (Phi) is 39.6. The number of hydrogen-bond donors (Lipinski definition) is 2. The highest BCUT2D eigenvalue weighted by Gasteiger charge is 2.22. The summed E-state index contributed by atoms with van der Waals surface area (Å²) in [6.07, 6.45) is 48.9. The van der Waals surface area contributed by atoms with Crippen molar-refractivity contribution in [3.05, 3.63) is 36.5 Å². The predicted molar refractivity (Wildman–Crippen MR) is 225 cm³/mol. The van der Waals surface area contributed by atoms with E-state index in [0.717, 1.165) is 57.8 Å². The van der Waals surface area contributed by atoms with E-state index in [2.05, 4.69) is 54.8 Å². The number of phosphoric ester groups is 1. The maximum Gasteiger partial charge on any atom is 0.469 e. The lowest BCUT2D eigenvalue weighted by Gasteiger charge is -2.18. The van der Waals surface area contributed by atoms with E-state index >= 15 is 0 Å². The van der Waals surface area contributed by atoms with Crippen LogP contribution in [0.15, 0.2) is 36.5 Å². The van der Waals surface area contributed by atoms with Crippen LogP contribution >= 0.6 is 7.82 Å². The number of carbonyl (C=O) groups is 2. The van der Waals surface area contributed by atoms with Crippen LogP contribution in [0.3, 0.4) is 0 Å². The van der Waals surface area contributed by atoms with Gasteiger partial charge in [-0.25, -0.2) is 4.57 Å². The van der Waals surface area contributed by atoms with E-state index in [1.165, 1.54) is 128 Å². The van der Waals surface area contributed by atoms with Gasteiger partial charge in [-0.05, 0) is 44.9 Å². The molecule has 8 nitrogen and oxygen atoms in total. The molecule has 0 rings (SSSR count). The summed E-state index contributed by atoms with van der Waals surface area (Å²) < 4.78 is 26.4. The quantitative estimate of drug-likeness (QED) is 0.0272. The molecule has 0 saturated heterocycles. The topological polar surface area (TPSA) is 119 Å². The Morgan fingerprint density at radius 3 is 1.33 bits per heavy atom. The fraction of sp³-hybridized carbons (Fsp3) is 0.822. The summed E-state index contributed by atoms with van der Waals surface area (Å²) in [5.41, 5.74) is 0. The van der Waals surface area contributed by atoms with Crippen LogP contribution in [0.25, 0.3) is 0 Å². The molecule has 1 atom stereocenters. The molecule has 316 valence electrons. The van der Waals surface area contributed by atoms with Crippen molar-refractivity contribution in [1.82, 2.24) is 0 Å². The van der Waals surface area contributed by atoms with Crippen LogP contribution in [0.1, 0.15) is 219 Å². The Labute approximate surface area is 332 Å². The van der Waals surface area contributed by atoms with Gasteiger partial charge < -0.3 is 19.3 Å². The van der Waals surface area contributed by atoms with Crippen molar-refractivity contribution < 1.29 is 37.9 Å². The van der Waals surface area contributed by atoms with Gasteiger partial charge in [-0.15, -0.1) is 0 Å². The molecule has 0 aliphatic carbocycles. The highest BCUT2D eigenvalue weighted by Crippen LogP contribution is 2.36. The minimum Gasteiger partial charge on any atom is -0.462 e. The van der Waals surface area contributed by atoms with E-state index in [9.17, 15) is 14.2 Å². The molecule has 0 aromatic heterocycles. The molecule has 0 aromatic rings. The van der Waals surface area contributed by atoms with Crippen molar-refractivity contribution >= 4 is 19.8 Å².